The molecule has 0 radical (unpaired) electrons. The largest absolute Gasteiger partial charge is 0.454 e. The van der Waals surface area contributed by atoms with E-state index in [9.17, 15) is 18.0 Å². The van der Waals surface area contributed by atoms with Crippen LogP contribution in [0.4, 0.5) is 0 Å². The summed E-state index contributed by atoms with van der Waals surface area (Å²) >= 11 is 7.20. The predicted octanol–water partition coefficient (Wildman–Crippen LogP) is 3.15. The summed E-state index contributed by atoms with van der Waals surface area (Å²) in [4.78, 5) is 25.4. The zero-order valence-corrected chi connectivity index (χ0v) is 14.7. The van der Waals surface area contributed by atoms with Crippen LogP contribution in [0, 0.1) is 6.92 Å². The van der Waals surface area contributed by atoms with Crippen molar-refractivity contribution >= 4 is 44.5 Å². The predicted molar refractivity (Wildman–Crippen MR) is 88.2 cm³/mol. The molecule has 5 nitrogen and oxygen atoms in total. The summed E-state index contributed by atoms with van der Waals surface area (Å²) in [6.45, 7) is 1.43. The normalized spacial score (nSPS) is 11.3. The Morgan fingerprint density at radius 1 is 1.22 bits per heavy atom. The van der Waals surface area contributed by atoms with E-state index >= 15 is 0 Å². The number of thiophene rings is 1. The highest BCUT2D eigenvalue weighted by atomic mass is 35.5. The lowest BCUT2D eigenvalue weighted by Gasteiger charge is -2.07. The molecule has 0 spiro atoms. The molecule has 122 valence electrons. The summed E-state index contributed by atoms with van der Waals surface area (Å²) in [5.41, 5.74) is -0.0928. The zero-order valence-electron chi connectivity index (χ0n) is 12.3. The second kappa shape index (κ2) is 6.82. The molecule has 2 rings (SSSR count). The van der Waals surface area contributed by atoms with E-state index in [0.717, 1.165) is 17.2 Å². The monoisotopic (exact) mass is 372 g/mol. The maximum Gasteiger partial charge on any atom is 0.340 e. The average molecular weight is 373 g/mol. The van der Waals surface area contributed by atoms with Gasteiger partial charge in [-0.2, -0.15) is 0 Å². The molecule has 0 bridgehead atoms. The van der Waals surface area contributed by atoms with Gasteiger partial charge in [-0.1, -0.05) is 11.6 Å². The van der Waals surface area contributed by atoms with E-state index in [1.54, 1.807) is 12.1 Å². The summed E-state index contributed by atoms with van der Waals surface area (Å²) in [7, 11) is -3.48. The third kappa shape index (κ3) is 4.40. The molecule has 1 aromatic heterocycles. The smallest absolute Gasteiger partial charge is 0.340 e. The third-order valence-electron chi connectivity index (χ3n) is 2.94. The Labute approximate surface area is 142 Å². The summed E-state index contributed by atoms with van der Waals surface area (Å²) in [5, 5.41) is 0.0572. The van der Waals surface area contributed by atoms with Crippen molar-refractivity contribution in [1.29, 1.82) is 0 Å². The first-order chi connectivity index (χ1) is 10.7. The molecule has 0 amide bonds. The summed E-state index contributed by atoms with van der Waals surface area (Å²) < 4.78 is 28.0. The molecular formula is C15H13ClO5S2. The molecule has 0 saturated heterocycles. The van der Waals surface area contributed by atoms with Gasteiger partial charge >= 0.3 is 5.97 Å². The van der Waals surface area contributed by atoms with Crippen LogP contribution < -0.4 is 0 Å². The van der Waals surface area contributed by atoms with Crippen LogP contribution in [0.2, 0.25) is 5.02 Å². The number of sulfone groups is 1. The lowest BCUT2D eigenvalue weighted by Crippen LogP contribution is -2.14. The van der Waals surface area contributed by atoms with Gasteiger partial charge in [-0.05, 0) is 37.3 Å². The Kier molecular flexibility index (Phi) is 5.23. The molecule has 8 heteroatoms. The van der Waals surface area contributed by atoms with Crippen LogP contribution in [0.1, 0.15) is 24.9 Å². The van der Waals surface area contributed by atoms with E-state index in [4.69, 9.17) is 16.3 Å². The molecule has 2 aromatic rings. The highest BCUT2D eigenvalue weighted by Gasteiger charge is 2.18. The second-order valence-corrected chi connectivity index (χ2v) is 8.53. The van der Waals surface area contributed by atoms with Crippen molar-refractivity contribution in [2.24, 2.45) is 0 Å². The molecule has 0 saturated carbocycles. The minimum atomic E-state index is -3.48. The second-order valence-electron chi connectivity index (χ2n) is 4.82. The minimum absolute atomic E-state index is 0.0472. The van der Waals surface area contributed by atoms with Crippen molar-refractivity contribution in [3.8, 4) is 0 Å². The van der Waals surface area contributed by atoms with Crippen molar-refractivity contribution in [2.45, 2.75) is 11.8 Å². The highest BCUT2D eigenvalue weighted by Crippen LogP contribution is 2.22. The van der Waals surface area contributed by atoms with Crippen LogP contribution >= 0.6 is 22.9 Å². The van der Waals surface area contributed by atoms with Gasteiger partial charge in [0.25, 0.3) is 0 Å². The first-order valence-corrected chi connectivity index (χ1v) is 9.53. The molecule has 0 N–H and O–H groups in total. The molecule has 0 atom stereocenters. The summed E-state index contributed by atoms with van der Waals surface area (Å²) in [6, 6.07) is 7.20. The van der Waals surface area contributed by atoms with Gasteiger partial charge in [0.2, 0.25) is 5.78 Å². The molecule has 0 fully saturated rings. The third-order valence-corrected chi connectivity index (χ3v) is 5.42. The minimum Gasteiger partial charge on any atom is -0.454 e. The van der Waals surface area contributed by atoms with E-state index in [1.165, 1.54) is 23.5 Å². The lowest BCUT2D eigenvalue weighted by atomic mass is 10.2. The van der Waals surface area contributed by atoms with Gasteiger partial charge in [-0.15, -0.1) is 11.3 Å². The number of halogens is 1. The number of carbonyl (C=O) groups excluding carboxylic acids is 2. The van der Waals surface area contributed by atoms with Crippen LogP contribution in [-0.4, -0.2) is 33.0 Å². The number of rotatable bonds is 5. The van der Waals surface area contributed by atoms with Gasteiger partial charge in [-0.25, -0.2) is 13.2 Å². The quantitative estimate of drug-likeness (QED) is 0.595. The fourth-order valence-electron chi connectivity index (χ4n) is 1.76. The van der Waals surface area contributed by atoms with Crippen molar-refractivity contribution < 1.29 is 22.7 Å². The van der Waals surface area contributed by atoms with Crippen molar-refractivity contribution in [1.82, 2.24) is 0 Å². The molecular weight excluding hydrogens is 360 g/mol. The molecule has 1 heterocycles. The summed E-state index contributed by atoms with van der Waals surface area (Å²) in [6.07, 6.45) is 1.02. The molecule has 23 heavy (non-hydrogen) atoms. The number of hydrogen-bond acceptors (Lipinski definition) is 6. The van der Waals surface area contributed by atoms with Crippen LogP contribution in [0.3, 0.4) is 0 Å². The average Bonchev–Trinajstić information content (AvgIpc) is 2.90. The van der Waals surface area contributed by atoms with Crippen molar-refractivity contribution in [2.75, 3.05) is 12.9 Å². The molecule has 0 aliphatic rings. The van der Waals surface area contributed by atoms with Gasteiger partial charge in [0.15, 0.2) is 16.4 Å². The van der Waals surface area contributed by atoms with Crippen LogP contribution in [0.15, 0.2) is 35.2 Å². The molecule has 1 aromatic carbocycles. The van der Waals surface area contributed by atoms with E-state index in [2.05, 4.69) is 0 Å². The summed E-state index contributed by atoms with van der Waals surface area (Å²) in [5.74, 6) is -1.17. The Morgan fingerprint density at radius 2 is 1.91 bits per heavy atom. The van der Waals surface area contributed by atoms with E-state index in [-0.39, 0.29) is 21.3 Å². The Morgan fingerprint density at radius 3 is 2.48 bits per heavy atom. The number of benzene rings is 1. The SMILES string of the molecule is Cc1ccc(C(=O)COC(=O)c2cc(S(C)(=O)=O)ccc2Cl)s1. The standard InChI is InChI=1S/C15H13ClO5S2/c1-9-3-6-14(22-9)13(17)8-21-15(18)11-7-10(23(2,19)20)4-5-12(11)16/h3-7H,8H2,1-2H3. The van der Waals surface area contributed by atoms with Gasteiger partial charge in [0.1, 0.15) is 0 Å². The number of ether oxygens (including phenoxy) is 1. The first kappa shape index (κ1) is 17.7. The lowest BCUT2D eigenvalue weighted by molar-refractivity contribution is 0.0475. The van der Waals surface area contributed by atoms with Crippen molar-refractivity contribution in [3.63, 3.8) is 0 Å². The number of esters is 1. The number of aryl methyl sites for hydroxylation is 1. The Bertz CT molecular complexity index is 868. The van der Waals surface area contributed by atoms with E-state index in [0.29, 0.717) is 4.88 Å². The van der Waals surface area contributed by atoms with Crippen LogP contribution in [-0.2, 0) is 14.6 Å². The van der Waals surface area contributed by atoms with Crippen molar-refractivity contribution in [3.05, 3.63) is 50.7 Å². The molecule has 0 aliphatic carbocycles. The number of carbonyl (C=O) groups is 2. The molecule has 0 unspecified atom stereocenters. The fraction of sp³-hybridized carbons (Fsp3) is 0.200. The Hall–Kier alpha value is -1.70. The van der Waals surface area contributed by atoms with Crippen LogP contribution in [0.5, 0.6) is 0 Å². The van der Waals surface area contributed by atoms with E-state index in [1.807, 2.05) is 6.92 Å². The van der Waals surface area contributed by atoms with Gasteiger partial charge in [0, 0.05) is 11.1 Å². The molecule has 0 aliphatic heterocycles. The van der Waals surface area contributed by atoms with E-state index < -0.39 is 22.4 Å². The number of hydrogen-bond donors (Lipinski definition) is 0. The highest BCUT2D eigenvalue weighted by molar-refractivity contribution is 7.90. The number of Topliss-reactive ketones (excluding diaryl/α,β-unsaturated/α-hetero) is 1. The van der Waals surface area contributed by atoms with Crippen LogP contribution in [0.25, 0.3) is 0 Å². The fourth-order valence-corrected chi connectivity index (χ4v) is 3.39. The Balaban J connectivity index is 2.13. The zero-order chi connectivity index (χ0) is 17.2. The number of ketones is 1. The maximum absolute atomic E-state index is 12.0. The van der Waals surface area contributed by atoms with Gasteiger partial charge in [-0.3, -0.25) is 4.79 Å². The van der Waals surface area contributed by atoms with Gasteiger partial charge < -0.3 is 4.74 Å². The maximum atomic E-state index is 12.0. The first-order valence-electron chi connectivity index (χ1n) is 6.45. The van der Waals surface area contributed by atoms with Gasteiger partial charge in [0.05, 0.1) is 20.4 Å². The topological polar surface area (TPSA) is 77.5 Å².